The Kier molecular flexibility index (Phi) is 3.30. The number of nitrogens with zero attached hydrogens (tertiary/aromatic N) is 2. The molecular formula is C8H8ClN3O2. The Morgan fingerprint density at radius 2 is 1.86 bits per heavy atom. The van der Waals surface area contributed by atoms with Gasteiger partial charge in [-0.25, -0.2) is 0 Å². The molecule has 0 aliphatic carbocycles. The summed E-state index contributed by atoms with van der Waals surface area (Å²) < 4.78 is 0. The van der Waals surface area contributed by atoms with Crippen molar-refractivity contribution in [3.8, 4) is 0 Å². The largest absolute Gasteiger partial charge is 0.410 e. The van der Waals surface area contributed by atoms with Crippen molar-refractivity contribution in [2.45, 2.75) is 0 Å². The molecule has 0 aliphatic rings. The van der Waals surface area contributed by atoms with Crippen LogP contribution >= 0.6 is 11.6 Å². The first-order chi connectivity index (χ1) is 6.70. The van der Waals surface area contributed by atoms with Crippen molar-refractivity contribution < 1.29 is 10.4 Å². The van der Waals surface area contributed by atoms with E-state index in [1.54, 1.807) is 24.3 Å². The third-order valence-electron chi connectivity index (χ3n) is 1.58. The number of nitrogens with two attached hydrogens (primary N) is 1. The van der Waals surface area contributed by atoms with Crippen molar-refractivity contribution in [3.05, 3.63) is 34.9 Å². The van der Waals surface area contributed by atoms with Crippen LogP contribution in [-0.2, 0) is 0 Å². The van der Waals surface area contributed by atoms with Crippen LogP contribution in [0.3, 0.4) is 0 Å². The van der Waals surface area contributed by atoms with Crippen molar-refractivity contribution in [1.82, 2.24) is 0 Å². The van der Waals surface area contributed by atoms with Gasteiger partial charge in [-0.15, -0.1) is 0 Å². The van der Waals surface area contributed by atoms with E-state index in [1.807, 2.05) is 0 Å². The van der Waals surface area contributed by atoms with Crippen LogP contribution in [0.5, 0.6) is 0 Å². The molecule has 0 spiro atoms. The van der Waals surface area contributed by atoms with Gasteiger partial charge in [-0.2, -0.15) is 0 Å². The fourth-order valence-electron chi connectivity index (χ4n) is 0.944. The standard InChI is InChI=1S/C8H8ClN3O2/c9-6-4-2-1-3-5(6)7(11-13)8(10)12-14/h1-4,13-14H,(H2,10,12). The Morgan fingerprint density at radius 3 is 2.36 bits per heavy atom. The molecule has 1 aromatic carbocycles. The van der Waals surface area contributed by atoms with E-state index in [2.05, 4.69) is 10.3 Å². The fourth-order valence-corrected chi connectivity index (χ4v) is 1.17. The predicted octanol–water partition coefficient (Wildman–Crippen LogP) is 1.26. The summed E-state index contributed by atoms with van der Waals surface area (Å²) >= 11 is 5.81. The van der Waals surface area contributed by atoms with Crippen molar-refractivity contribution in [1.29, 1.82) is 0 Å². The second kappa shape index (κ2) is 4.48. The van der Waals surface area contributed by atoms with E-state index in [0.29, 0.717) is 10.6 Å². The Hall–Kier alpha value is -1.75. The zero-order chi connectivity index (χ0) is 10.6. The molecule has 0 saturated heterocycles. The number of hydrogen-bond acceptors (Lipinski definition) is 4. The van der Waals surface area contributed by atoms with Gasteiger partial charge in [0, 0.05) is 5.56 Å². The summed E-state index contributed by atoms with van der Waals surface area (Å²) in [7, 11) is 0. The van der Waals surface area contributed by atoms with Gasteiger partial charge >= 0.3 is 0 Å². The maximum absolute atomic E-state index is 8.66. The van der Waals surface area contributed by atoms with Crippen LogP contribution in [0.15, 0.2) is 34.6 Å². The third kappa shape index (κ3) is 1.94. The first-order valence-electron chi connectivity index (χ1n) is 3.65. The number of hydrogen-bond donors (Lipinski definition) is 3. The summed E-state index contributed by atoms with van der Waals surface area (Å²) in [6, 6.07) is 6.60. The summed E-state index contributed by atoms with van der Waals surface area (Å²) in [6.07, 6.45) is 0. The Morgan fingerprint density at radius 1 is 1.21 bits per heavy atom. The van der Waals surface area contributed by atoms with E-state index in [9.17, 15) is 0 Å². The minimum Gasteiger partial charge on any atom is -0.410 e. The van der Waals surface area contributed by atoms with E-state index in [4.69, 9.17) is 27.7 Å². The van der Waals surface area contributed by atoms with Crippen molar-refractivity contribution >= 4 is 23.1 Å². The highest BCUT2D eigenvalue weighted by molar-refractivity contribution is 6.50. The van der Waals surface area contributed by atoms with E-state index >= 15 is 0 Å². The number of amidine groups is 1. The monoisotopic (exact) mass is 213 g/mol. The molecule has 0 amide bonds. The molecule has 0 saturated carbocycles. The summed E-state index contributed by atoms with van der Waals surface area (Å²) in [5.74, 6) is -0.305. The maximum Gasteiger partial charge on any atom is 0.192 e. The molecule has 0 bridgehead atoms. The number of halogens is 1. The molecular weight excluding hydrogens is 206 g/mol. The topological polar surface area (TPSA) is 91.2 Å². The van der Waals surface area contributed by atoms with Gasteiger partial charge in [0.1, 0.15) is 0 Å². The third-order valence-corrected chi connectivity index (χ3v) is 1.91. The van der Waals surface area contributed by atoms with Gasteiger partial charge in [0.05, 0.1) is 5.02 Å². The summed E-state index contributed by atoms with van der Waals surface area (Å²) in [6.45, 7) is 0. The van der Waals surface area contributed by atoms with Crippen molar-refractivity contribution in [2.75, 3.05) is 0 Å². The molecule has 14 heavy (non-hydrogen) atoms. The van der Waals surface area contributed by atoms with Gasteiger partial charge in [-0.1, -0.05) is 40.1 Å². The molecule has 5 nitrogen and oxygen atoms in total. The molecule has 0 aromatic heterocycles. The van der Waals surface area contributed by atoms with Gasteiger partial charge in [0.25, 0.3) is 0 Å². The zero-order valence-corrected chi connectivity index (χ0v) is 7.81. The smallest absolute Gasteiger partial charge is 0.192 e. The van der Waals surface area contributed by atoms with Crippen LogP contribution in [-0.4, -0.2) is 22.0 Å². The van der Waals surface area contributed by atoms with Crippen molar-refractivity contribution in [3.63, 3.8) is 0 Å². The Balaban J connectivity index is 3.22. The first kappa shape index (κ1) is 10.3. The molecule has 74 valence electrons. The lowest BCUT2D eigenvalue weighted by Gasteiger charge is -2.03. The highest BCUT2D eigenvalue weighted by atomic mass is 35.5. The van der Waals surface area contributed by atoms with Gasteiger partial charge in [0.2, 0.25) is 0 Å². The molecule has 0 fully saturated rings. The van der Waals surface area contributed by atoms with Crippen LogP contribution < -0.4 is 5.73 Å². The number of benzene rings is 1. The second-order valence-corrected chi connectivity index (χ2v) is 2.82. The predicted molar refractivity (Wildman–Crippen MR) is 53.2 cm³/mol. The first-order valence-corrected chi connectivity index (χ1v) is 4.03. The minimum atomic E-state index is -0.305. The van der Waals surface area contributed by atoms with E-state index in [-0.39, 0.29) is 11.5 Å². The van der Waals surface area contributed by atoms with Crippen LogP contribution in [0.2, 0.25) is 5.02 Å². The molecule has 0 atom stereocenters. The van der Waals surface area contributed by atoms with E-state index < -0.39 is 0 Å². The summed E-state index contributed by atoms with van der Waals surface area (Å²) in [5.41, 5.74) is 5.60. The van der Waals surface area contributed by atoms with Gasteiger partial charge in [0.15, 0.2) is 11.5 Å². The molecule has 0 aliphatic heterocycles. The molecule has 0 heterocycles. The molecule has 6 heteroatoms. The van der Waals surface area contributed by atoms with Crippen molar-refractivity contribution in [2.24, 2.45) is 16.0 Å². The highest BCUT2D eigenvalue weighted by Gasteiger charge is 2.12. The van der Waals surface area contributed by atoms with Crippen LogP contribution in [0.25, 0.3) is 0 Å². The lowest BCUT2D eigenvalue weighted by molar-refractivity contribution is 0.314. The van der Waals surface area contributed by atoms with Gasteiger partial charge < -0.3 is 16.1 Å². The molecule has 0 radical (unpaired) electrons. The molecule has 0 unspecified atom stereocenters. The molecule has 1 rings (SSSR count). The summed E-state index contributed by atoms with van der Waals surface area (Å²) in [4.78, 5) is 0. The summed E-state index contributed by atoms with van der Waals surface area (Å²) in [5, 5.41) is 23.1. The maximum atomic E-state index is 8.66. The average Bonchev–Trinajstić information content (AvgIpc) is 2.21. The molecule has 4 N–H and O–H groups in total. The van der Waals surface area contributed by atoms with Gasteiger partial charge in [-0.05, 0) is 6.07 Å². The normalized spacial score (nSPS) is 12.9. The van der Waals surface area contributed by atoms with E-state index in [1.165, 1.54) is 0 Å². The quantitative estimate of drug-likeness (QED) is 0.299. The average molecular weight is 214 g/mol. The number of oxime groups is 2. The highest BCUT2D eigenvalue weighted by Crippen LogP contribution is 2.15. The Bertz CT molecular complexity index is 390. The lowest BCUT2D eigenvalue weighted by atomic mass is 10.1. The fraction of sp³-hybridized carbons (Fsp3) is 0. The number of rotatable bonds is 2. The zero-order valence-electron chi connectivity index (χ0n) is 7.05. The van der Waals surface area contributed by atoms with Crippen LogP contribution in [0.1, 0.15) is 5.56 Å². The van der Waals surface area contributed by atoms with Gasteiger partial charge in [-0.3, -0.25) is 0 Å². The lowest BCUT2D eigenvalue weighted by Crippen LogP contribution is -2.25. The second-order valence-electron chi connectivity index (χ2n) is 2.41. The van der Waals surface area contributed by atoms with Crippen LogP contribution in [0, 0.1) is 0 Å². The Labute approximate surface area is 85.1 Å². The SMILES string of the molecule is NC(=NO)C(=NO)c1ccccc1Cl. The minimum absolute atomic E-state index is 0.0712. The van der Waals surface area contributed by atoms with Crippen LogP contribution in [0.4, 0.5) is 0 Å². The van der Waals surface area contributed by atoms with E-state index in [0.717, 1.165) is 0 Å². The molecule has 1 aromatic rings.